The molecule has 6 aliphatic rings. The van der Waals surface area contributed by atoms with Crippen LogP contribution < -0.4 is 15.4 Å². The molecule has 1 aromatic rings. The molecule has 7 rings (SSSR count). The molecule has 12 nitrogen and oxygen atoms in total. The molecule has 14 heteroatoms. The third kappa shape index (κ3) is 6.70. The zero-order valence-corrected chi connectivity index (χ0v) is 27.8. The van der Waals surface area contributed by atoms with E-state index >= 15 is 0 Å². The van der Waals surface area contributed by atoms with E-state index < -0.39 is 68.6 Å². The summed E-state index contributed by atoms with van der Waals surface area (Å²) in [5, 5.41) is 5.76. The molecule has 48 heavy (non-hydrogen) atoms. The van der Waals surface area contributed by atoms with Gasteiger partial charge in [-0.05, 0) is 63.0 Å². The maximum absolute atomic E-state index is 14.4. The van der Waals surface area contributed by atoms with E-state index in [4.69, 9.17) is 4.74 Å². The van der Waals surface area contributed by atoms with Crippen LogP contribution in [0.15, 0.2) is 30.4 Å². The van der Waals surface area contributed by atoms with Crippen molar-refractivity contribution < 1.29 is 36.7 Å². The molecule has 0 bridgehead atoms. The Labute approximate surface area is 280 Å². The van der Waals surface area contributed by atoms with E-state index in [0.29, 0.717) is 30.4 Å². The average Bonchev–Trinajstić information content (AvgIpc) is 3.91. The van der Waals surface area contributed by atoms with Gasteiger partial charge in [0.1, 0.15) is 23.5 Å². The summed E-state index contributed by atoms with van der Waals surface area (Å²) in [6, 6.07) is 3.36. The van der Waals surface area contributed by atoms with Gasteiger partial charge in [-0.3, -0.25) is 24.0 Å². The second-order valence-corrected chi connectivity index (χ2v) is 16.3. The Hall–Kier alpha value is -3.52. The van der Waals surface area contributed by atoms with Gasteiger partial charge in [0.15, 0.2) is 0 Å². The molecule has 260 valence electrons. The lowest BCUT2D eigenvalue weighted by molar-refractivity contribution is -0.141. The van der Waals surface area contributed by atoms with Gasteiger partial charge in [-0.2, -0.15) is 0 Å². The van der Waals surface area contributed by atoms with Crippen LogP contribution in [0.4, 0.5) is 9.18 Å². The zero-order valence-electron chi connectivity index (χ0n) is 27.0. The number of nitrogens with zero attached hydrogens (tertiary/aromatic N) is 2. The smallest absolute Gasteiger partial charge is 0.410 e. The third-order valence-corrected chi connectivity index (χ3v) is 12.7. The van der Waals surface area contributed by atoms with Crippen molar-refractivity contribution in [1.82, 2.24) is 25.2 Å². The topological polar surface area (TPSA) is 154 Å². The van der Waals surface area contributed by atoms with Crippen molar-refractivity contribution in [3.8, 4) is 0 Å². The van der Waals surface area contributed by atoms with Gasteiger partial charge < -0.3 is 20.3 Å². The Bertz CT molecular complexity index is 1610. The van der Waals surface area contributed by atoms with Crippen molar-refractivity contribution in [3.63, 3.8) is 0 Å². The molecule has 3 aliphatic heterocycles. The minimum atomic E-state index is -3.86. The minimum absolute atomic E-state index is 0.00713. The number of hydrogen-bond donors (Lipinski definition) is 3. The van der Waals surface area contributed by atoms with Crippen LogP contribution in [0.1, 0.15) is 88.2 Å². The molecule has 3 saturated carbocycles. The van der Waals surface area contributed by atoms with Gasteiger partial charge in [-0.25, -0.2) is 17.6 Å². The molecule has 0 radical (unpaired) electrons. The average molecular weight is 686 g/mol. The van der Waals surface area contributed by atoms with Crippen LogP contribution in [-0.4, -0.2) is 83.6 Å². The molecular weight excluding hydrogens is 641 g/mol. The standard InChI is InChI=1S/C34H44FN5O7S/c35-27-12-6-8-21-18-39(20-26(21)27)33(44)47-24-16-29-30(41)37-34(32(43)38-48(45,46)25-14-15-25)17-22(34)9-4-2-1-3-5-13-28(31(42)40(29)19-24)36-23-10-7-11-23/h4,6,8-9,12,22-25,28-29,36H,1-3,5,7,10-11,13-20H2,(H,37,41)(H,38,43)/b9-4-/t22-,24-,28+,29+,34-/m1/s1. The normalized spacial score (nSPS) is 31.7. The number of rotatable bonds is 6. The molecule has 1 saturated heterocycles. The number of amides is 4. The van der Waals surface area contributed by atoms with E-state index in [1.807, 2.05) is 12.2 Å². The Morgan fingerprint density at radius 2 is 1.83 bits per heavy atom. The fourth-order valence-electron chi connectivity index (χ4n) is 7.45. The molecule has 0 unspecified atom stereocenters. The maximum Gasteiger partial charge on any atom is 0.410 e. The predicted molar refractivity (Wildman–Crippen MR) is 172 cm³/mol. The highest BCUT2D eigenvalue weighted by molar-refractivity contribution is 7.91. The van der Waals surface area contributed by atoms with Crippen molar-refractivity contribution in [2.45, 2.75) is 125 Å². The fraction of sp³-hybridized carbons (Fsp3) is 0.647. The molecular formula is C34H44FN5O7S. The summed E-state index contributed by atoms with van der Waals surface area (Å²) in [4.78, 5) is 58.1. The Kier molecular flexibility index (Phi) is 8.99. The molecule has 5 atom stereocenters. The molecule has 3 heterocycles. The first kappa shape index (κ1) is 33.0. The molecule has 3 aliphatic carbocycles. The first-order valence-electron chi connectivity index (χ1n) is 17.4. The second kappa shape index (κ2) is 13.1. The van der Waals surface area contributed by atoms with Crippen LogP contribution in [-0.2, 0) is 42.2 Å². The maximum atomic E-state index is 14.4. The van der Waals surface area contributed by atoms with E-state index in [2.05, 4.69) is 15.4 Å². The Morgan fingerprint density at radius 3 is 2.56 bits per heavy atom. The van der Waals surface area contributed by atoms with E-state index in [-0.39, 0.29) is 44.4 Å². The number of benzene rings is 1. The number of carbonyl (C=O) groups is 4. The Balaban J connectivity index is 1.12. The van der Waals surface area contributed by atoms with Gasteiger partial charge in [0.25, 0.3) is 5.91 Å². The molecule has 3 N–H and O–H groups in total. The Morgan fingerprint density at radius 1 is 1.02 bits per heavy atom. The lowest BCUT2D eigenvalue weighted by Gasteiger charge is -2.34. The quantitative estimate of drug-likeness (QED) is 0.387. The van der Waals surface area contributed by atoms with E-state index in [1.54, 1.807) is 12.1 Å². The number of carbonyl (C=O) groups excluding carboxylic acids is 4. The number of allylic oxidation sites excluding steroid dienone is 1. The molecule has 4 fully saturated rings. The summed E-state index contributed by atoms with van der Waals surface area (Å²) >= 11 is 0. The minimum Gasteiger partial charge on any atom is -0.444 e. The number of sulfonamides is 1. The highest BCUT2D eigenvalue weighted by Crippen LogP contribution is 2.46. The first-order chi connectivity index (χ1) is 23.0. The van der Waals surface area contributed by atoms with E-state index in [9.17, 15) is 32.0 Å². The van der Waals surface area contributed by atoms with Crippen molar-refractivity contribution in [1.29, 1.82) is 0 Å². The second-order valence-electron chi connectivity index (χ2n) is 14.3. The predicted octanol–water partition coefficient (Wildman–Crippen LogP) is 2.76. The summed E-state index contributed by atoms with van der Waals surface area (Å²) in [5.74, 6) is -2.41. The highest BCUT2D eigenvalue weighted by atomic mass is 32.2. The number of halogens is 1. The summed E-state index contributed by atoms with van der Waals surface area (Å²) in [6.45, 7) is 0.234. The van der Waals surface area contributed by atoms with Gasteiger partial charge in [0, 0.05) is 30.5 Å². The first-order valence-corrected chi connectivity index (χ1v) is 18.9. The number of hydrogen-bond acceptors (Lipinski definition) is 8. The van der Waals surface area contributed by atoms with Gasteiger partial charge in [-0.1, -0.05) is 43.5 Å². The van der Waals surface area contributed by atoms with Crippen LogP contribution in [0.2, 0.25) is 0 Å². The van der Waals surface area contributed by atoms with Crippen LogP contribution in [0.5, 0.6) is 0 Å². The largest absolute Gasteiger partial charge is 0.444 e. The number of fused-ring (bicyclic) bond motifs is 3. The SMILES string of the molecule is O=C1N[C@]2(C(=O)NS(=O)(=O)C3CC3)C[C@H]2/C=C\CCCCC[C@H](NC2CCC2)C(=O)N2C[C@H](OC(=O)N3Cc4cccc(F)c4C3)C[C@@H]12. The van der Waals surface area contributed by atoms with Crippen molar-refractivity contribution in [3.05, 3.63) is 47.3 Å². The van der Waals surface area contributed by atoms with Crippen molar-refractivity contribution in [2.24, 2.45) is 5.92 Å². The summed E-state index contributed by atoms with van der Waals surface area (Å²) in [6.07, 6.45) is 10.6. The van der Waals surface area contributed by atoms with Gasteiger partial charge in [-0.15, -0.1) is 0 Å². The van der Waals surface area contributed by atoms with Crippen LogP contribution in [0.25, 0.3) is 0 Å². The van der Waals surface area contributed by atoms with Gasteiger partial charge >= 0.3 is 6.09 Å². The number of nitrogens with one attached hydrogen (secondary N) is 3. The third-order valence-electron chi connectivity index (χ3n) is 10.8. The summed E-state index contributed by atoms with van der Waals surface area (Å²) in [7, 11) is -3.86. The van der Waals surface area contributed by atoms with Crippen molar-refractivity contribution >= 4 is 33.8 Å². The molecule has 1 aromatic carbocycles. The zero-order chi connectivity index (χ0) is 33.6. The highest BCUT2D eigenvalue weighted by Gasteiger charge is 2.62. The summed E-state index contributed by atoms with van der Waals surface area (Å²) < 4.78 is 47.9. The molecule has 4 amide bonds. The monoisotopic (exact) mass is 685 g/mol. The van der Waals surface area contributed by atoms with Gasteiger partial charge in [0.05, 0.1) is 24.4 Å². The molecule has 0 aromatic heterocycles. The molecule has 0 spiro atoms. The number of ether oxygens (including phenoxy) is 1. The fourth-order valence-corrected chi connectivity index (χ4v) is 8.82. The van der Waals surface area contributed by atoms with Gasteiger partial charge in [0.2, 0.25) is 21.8 Å². The lowest BCUT2D eigenvalue weighted by Crippen LogP contribution is -2.58. The van der Waals surface area contributed by atoms with Crippen LogP contribution in [0, 0.1) is 11.7 Å². The lowest BCUT2D eigenvalue weighted by atomic mass is 9.91. The van der Waals surface area contributed by atoms with E-state index in [0.717, 1.165) is 44.9 Å². The van der Waals surface area contributed by atoms with Crippen LogP contribution in [0.3, 0.4) is 0 Å². The summed E-state index contributed by atoms with van der Waals surface area (Å²) in [5.41, 5.74) is -0.326. The van der Waals surface area contributed by atoms with Crippen molar-refractivity contribution in [2.75, 3.05) is 6.54 Å². The van der Waals surface area contributed by atoms with E-state index in [1.165, 1.54) is 15.9 Å². The van der Waals surface area contributed by atoms with Crippen LogP contribution >= 0.6 is 0 Å².